The van der Waals surface area contributed by atoms with E-state index in [4.69, 9.17) is 0 Å². The van der Waals surface area contributed by atoms with Gasteiger partial charge in [-0.25, -0.2) is 9.97 Å². The molecule has 27 heavy (non-hydrogen) atoms. The lowest BCUT2D eigenvalue weighted by atomic mass is 9.95. The summed E-state index contributed by atoms with van der Waals surface area (Å²) < 4.78 is 39.3. The molecule has 1 fully saturated rings. The molecule has 0 unspecified atom stereocenters. The molecule has 1 aliphatic heterocycles. The fourth-order valence-corrected chi connectivity index (χ4v) is 3.52. The number of halogens is 4. The zero-order valence-electron chi connectivity index (χ0n) is 14.6. The molecule has 0 saturated carbocycles. The normalized spacial score (nSPS) is 15.7. The summed E-state index contributed by atoms with van der Waals surface area (Å²) in [4.78, 5) is 21.5. The van der Waals surface area contributed by atoms with Gasteiger partial charge in [0.1, 0.15) is 17.8 Å². The molecular weight excluding hydrogens is 425 g/mol. The number of nitrogens with zero attached hydrogens (tertiary/aromatic N) is 3. The monoisotopic (exact) mass is 442 g/mol. The van der Waals surface area contributed by atoms with Crippen LogP contribution in [0.1, 0.15) is 24.1 Å². The zero-order chi connectivity index (χ0) is 19.6. The fourth-order valence-electron chi connectivity index (χ4n) is 3.05. The minimum Gasteiger partial charge on any atom is -0.356 e. The highest BCUT2D eigenvalue weighted by atomic mass is 79.9. The molecule has 5 nitrogen and oxygen atoms in total. The number of piperidine rings is 1. The Morgan fingerprint density at radius 3 is 2.56 bits per heavy atom. The van der Waals surface area contributed by atoms with Crippen LogP contribution in [0, 0.1) is 12.8 Å². The van der Waals surface area contributed by atoms with Crippen molar-refractivity contribution >= 4 is 33.3 Å². The van der Waals surface area contributed by atoms with Crippen LogP contribution in [0.15, 0.2) is 35.1 Å². The van der Waals surface area contributed by atoms with Crippen LogP contribution in [-0.4, -0.2) is 29.0 Å². The van der Waals surface area contributed by atoms with Crippen LogP contribution in [0.4, 0.5) is 24.7 Å². The van der Waals surface area contributed by atoms with E-state index in [1.165, 1.54) is 0 Å². The van der Waals surface area contributed by atoms with E-state index in [2.05, 4.69) is 31.2 Å². The predicted molar refractivity (Wildman–Crippen MR) is 99.5 cm³/mol. The van der Waals surface area contributed by atoms with Gasteiger partial charge in [0.25, 0.3) is 0 Å². The number of nitrogens with one attached hydrogen (secondary N) is 1. The maximum absolute atomic E-state index is 12.8. The molecule has 0 bridgehead atoms. The van der Waals surface area contributed by atoms with Gasteiger partial charge in [0.15, 0.2) is 0 Å². The number of hydrogen-bond acceptors (Lipinski definition) is 4. The van der Waals surface area contributed by atoms with E-state index >= 15 is 0 Å². The highest BCUT2D eigenvalue weighted by molar-refractivity contribution is 9.10. The standard InChI is InChI=1S/C18H18BrF3N4O/c1-11-8-13(19)2-3-14(11)25-17(27)12-4-6-26(7-5-12)16-9-15(18(20,21)22)23-10-24-16/h2-3,8-10,12H,4-7H2,1H3,(H,25,27). The van der Waals surface area contributed by atoms with Crippen LogP contribution < -0.4 is 10.2 Å². The first-order valence-corrected chi connectivity index (χ1v) is 9.24. The van der Waals surface area contributed by atoms with Crippen molar-refractivity contribution in [3.05, 3.63) is 46.3 Å². The number of carbonyl (C=O) groups is 1. The number of rotatable bonds is 3. The van der Waals surface area contributed by atoms with E-state index < -0.39 is 11.9 Å². The van der Waals surface area contributed by atoms with Crippen molar-refractivity contribution in [2.24, 2.45) is 5.92 Å². The predicted octanol–water partition coefficient (Wildman–Crippen LogP) is 4.42. The van der Waals surface area contributed by atoms with Crippen molar-refractivity contribution in [2.45, 2.75) is 25.9 Å². The molecule has 0 aliphatic carbocycles. The number of aromatic nitrogens is 2. The Morgan fingerprint density at radius 2 is 1.93 bits per heavy atom. The Bertz CT molecular complexity index is 836. The number of alkyl halides is 3. The van der Waals surface area contributed by atoms with Gasteiger partial charge in [-0.15, -0.1) is 0 Å². The van der Waals surface area contributed by atoms with Crippen LogP contribution in [-0.2, 0) is 11.0 Å². The van der Waals surface area contributed by atoms with Gasteiger partial charge in [-0.2, -0.15) is 13.2 Å². The van der Waals surface area contributed by atoms with Gasteiger partial charge in [-0.1, -0.05) is 15.9 Å². The number of benzene rings is 1. The third-order valence-electron chi connectivity index (χ3n) is 4.58. The Labute approximate surface area is 163 Å². The first kappa shape index (κ1) is 19.6. The number of hydrogen-bond donors (Lipinski definition) is 1. The van der Waals surface area contributed by atoms with Gasteiger partial charge in [0.05, 0.1) is 0 Å². The fraction of sp³-hybridized carbons (Fsp3) is 0.389. The van der Waals surface area contributed by atoms with E-state index in [0.29, 0.717) is 25.9 Å². The molecule has 0 spiro atoms. The minimum absolute atomic E-state index is 0.0706. The van der Waals surface area contributed by atoms with Crippen LogP contribution in [0.2, 0.25) is 0 Å². The van der Waals surface area contributed by atoms with Crippen LogP contribution in [0.3, 0.4) is 0 Å². The molecule has 1 saturated heterocycles. The topological polar surface area (TPSA) is 58.1 Å². The van der Waals surface area contributed by atoms with Crippen molar-refractivity contribution in [3.63, 3.8) is 0 Å². The lowest BCUT2D eigenvalue weighted by molar-refractivity contribution is -0.141. The van der Waals surface area contributed by atoms with Gasteiger partial charge >= 0.3 is 6.18 Å². The van der Waals surface area contributed by atoms with E-state index in [-0.39, 0.29) is 17.6 Å². The van der Waals surface area contributed by atoms with Crippen molar-refractivity contribution in [3.8, 4) is 0 Å². The average molecular weight is 443 g/mol. The number of anilines is 2. The Kier molecular flexibility index (Phi) is 5.69. The first-order valence-electron chi connectivity index (χ1n) is 8.45. The zero-order valence-corrected chi connectivity index (χ0v) is 16.1. The molecule has 1 aromatic carbocycles. The molecule has 1 aliphatic rings. The first-order chi connectivity index (χ1) is 12.7. The molecule has 1 N–H and O–H groups in total. The largest absolute Gasteiger partial charge is 0.433 e. The molecule has 0 atom stereocenters. The summed E-state index contributed by atoms with van der Waals surface area (Å²) in [5.41, 5.74) is 0.755. The van der Waals surface area contributed by atoms with E-state index in [9.17, 15) is 18.0 Å². The van der Waals surface area contributed by atoms with Crippen molar-refractivity contribution < 1.29 is 18.0 Å². The molecule has 144 valence electrons. The maximum atomic E-state index is 12.8. The number of amides is 1. The summed E-state index contributed by atoms with van der Waals surface area (Å²) in [6.45, 7) is 2.84. The Balaban J connectivity index is 1.61. The number of carbonyl (C=O) groups excluding carboxylic acids is 1. The van der Waals surface area contributed by atoms with Gasteiger partial charge in [0, 0.05) is 35.2 Å². The van der Waals surface area contributed by atoms with Gasteiger partial charge in [-0.3, -0.25) is 4.79 Å². The van der Waals surface area contributed by atoms with Gasteiger partial charge in [0.2, 0.25) is 5.91 Å². The summed E-state index contributed by atoms with van der Waals surface area (Å²) >= 11 is 3.39. The van der Waals surface area contributed by atoms with Crippen LogP contribution in [0.5, 0.6) is 0 Å². The Hall–Kier alpha value is -2.16. The second kappa shape index (κ2) is 7.84. The lowest BCUT2D eigenvalue weighted by Crippen LogP contribution is -2.38. The molecule has 1 amide bonds. The Morgan fingerprint density at radius 1 is 1.22 bits per heavy atom. The molecular formula is C18H18BrF3N4O. The molecule has 3 rings (SSSR count). The molecule has 2 heterocycles. The van der Waals surface area contributed by atoms with Crippen molar-refractivity contribution in [1.29, 1.82) is 0 Å². The summed E-state index contributed by atoms with van der Waals surface area (Å²) in [6.07, 6.45) is -2.48. The molecule has 2 aromatic rings. The molecule has 1 aromatic heterocycles. The SMILES string of the molecule is Cc1cc(Br)ccc1NC(=O)C1CCN(c2cc(C(F)(F)F)ncn2)CC1. The summed E-state index contributed by atoms with van der Waals surface area (Å²) in [5, 5.41) is 2.94. The van der Waals surface area contributed by atoms with E-state index in [0.717, 1.165) is 28.1 Å². The van der Waals surface area contributed by atoms with Gasteiger partial charge in [-0.05, 0) is 43.5 Å². The minimum atomic E-state index is -4.50. The van der Waals surface area contributed by atoms with Crippen molar-refractivity contribution in [1.82, 2.24) is 9.97 Å². The number of aryl methyl sites for hydroxylation is 1. The second-order valence-electron chi connectivity index (χ2n) is 6.47. The highest BCUT2D eigenvalue weighted by Crippen LogP contribution is 2.30. The highest BCUT2D eigenvalue weighted by Gasteiger charge is 2.34. The quantitative estimate of drug-likeness (QED) is 0.763. The van der Waals surface area contributed by atoms with Crippen LogP contribution in [0.25, 0.3) is 0 Å². The maximum Gasteiger partial charge on any atom is 0.433 e. The smallest absolute Gasteiger partial charge is 0.356 e. The summed E-state index contributed by atoms with van der Waals surface area (Å²) in [5.74, 6) is -0.0214. The van der Waals surface area contributed by atoms with E-state index in [1.807, 2.05) is 25.1 Å². The van der Waals surface area contributed by atoms with Crippen LogP contribution >= 0.6 is 15.9 Å². The average Bonchev–Trinajstić information content (AvgIpc) is 2.63. The second-order valence-corrected chi connectivity index (χ2v) is 7.38. The van der Waals surface area contributed by atoms with Crippen molar-refractivity contribution in [2.75, 3.05) is 23.3 Å². The summed E-state index contributed by atoms with van der Waals surface area (Å²) in [6, 6.07) is 6.57. The third kappa shape index (κ3) is 4.77. The van der Waals surface area contributed by atoms with Gasteiger partial charge < -0.3 is 10.2 Å². The molecule has 0 radical (unpaired) electrons. The van der Waals surface area contributed by atoms with E-state index in [1.54, 1.807) is 4.90 Å². The third-order valence-corrected chi connectivity index (χ3v) is 5.07. The molecule has 9 heteroatoms. The lowest BCUT2D eigenvalue weighted by Gasteiger charge is -2.32. The summed E-state index contributed by atoms with van der Waals surface area (Å²) in [7, 11) is 0.